The van der Waals surface area contributed by atoms with Crippen LogP contribution in [-0.2, 0) is 13.1 Å². The van der Waals surface area contributed by atoms with Crippen LogP contribution in [0.5, 0.6) is 17.4 Å². The predicted molar refractivity (Wildman–Crippen MR) is 80.6 cm³/mol. The molecule has 0 atom stereocenters. The van der Waals surface area contributed by atoms with Crippen LogP contribution < -0.4 is 24.6 Å². The molecule has 1 N–H and O–H groups in total. The number of hydrogen-bond donors (Lipinski definition) is 1. The van der Waals surface area contributed by atoms with Gasteiger partial charge in [0.25, 0.3) is 5.69 Å². The lowest BCUT2D eigenvalue weighted by Gasteiger charge is -2.04. The molecule has 7 nitrogen and oxygen atoms in total. The first kappa shape index (κ1) is 14.5. The van der Waals surface area contributed by atoms with Crippen molar-refractivity contribution in [2.75, 3.05) is 6.79 Å². The van der Waals surface area contributed by atoms with Gasteiger partial charge >= 0.3 is 0 Å². The number of benzene rings is 2. The topological polar surface area (TPSA) is 83.5 Å². The number of nitrogens with zero attached hydrogens (tertiary/aromatic N) is 2. The van der Waals surface area contributed by atoms with E-state index in [9.17, 15) is 5.11 Å². The number of ether oxygens (including phenoxy) is 2. The fraction of sp³-hybridized carbons (Fsp3) is 0.176. The Bertz CT molecular complexity index is 848. The SMILES string of the molecule is [O-]c1on[n+](-c2ccccc2)c1CNCc1ccc2c(c1)OCO2. The minimum atomic E-state index is -0.447. The molecule has 1 aliphatic rings. The third-order valence-corrected chi connectivity index (χ3v) is 3.76. The van der Waals surface area contributed by atoms with Gasteiger partial charge in [-0.1, -0.05) is 24.3 Å². The van der Waals surface area contributed by atoms with Crippen molar-refractivity contribution in [1.29, 1.82) is 0 Å². The molecule has 1 aliphatic heterocycles. The normalized spacial score (nSPS) is 12.5. The van der Waals surface area contributed by atoms with Gasteiger partial charge < -0.3 is 24.4 Å². The van der Waals surface area contributed by atoms with E-state index in [1.165, 1.54) is 4.68 Å². The smallest absolute Gasteiger partial charge is 0.253 e. The van der Waals surface area contributed by atoms with Gasteiger partial charge in [-0.3, -0.25) is 0 Å². The molecule has 3 aromatic rings. The first-order valence-corrected chi connectivity index (χ1v) is 7.54. The molecule has 2 aromatic carbocycles. The molecule has 122 valence electrons. The van der Waals surface area contributed by atoms with Crippen LogP contribution in [0.15, 0.2) is 53.1 Å². The molecule has 0 saturated heterocycles. The van der Waals surface area contributed by atoms with Crippen LogP contribution in [0.4, 0.5) is 0 Å². The third kappa shape index (κ3) is 2.77. The average Bonchev–Trinajstić information content (AvgIpc) is 3.22. The zero-order chi connectivity index (χ0) is 16.4. The van der Waals surface area contributed by atoms with Crippen molar-refractivity contribution in [3.8, 4) is 23.1 Å². The Hall–Kier alpha value is -3.06. The summed E-state index contributed by atoms with van der Waals surface area (Å²) in [6.45, 7) is 1.17. The van der Waals surface area contributed by atoms with Gasteiger partial charge in [0.15, 0.2) is 17.4 Å². The summed E-state index contributed by atoms with van der Waals surface area (Å²) in [5, 5.41) is 18.9. The Morgan fingerprint density at radius 1 is 1.04 bits per heavy atom. The number of hydrogen-bond acceptors (Lipinski definition) is 6. The van der Waals surface area contributed by atoms with Crippen molar-refractivity contribution in [2.45, 2.75) is 13.1 Å². The van der Waals surface area contributed by atoms with Crippen LogP contribution >= 0.6 is 0 Å². The zero-order valence-electron chi connectivity index (χ0n) is 12.8. The van der Waals surface area contributed by atoms with E-state index in [-0.39, 0.29) is 6.79 Å². The number of aromatic nitrogens is 2. The van der Waals surface area contributed by atoms with E-state index < -0.39 is 5.95 Å². The molecule has 0 bridgehead atoms. The maximum absolute atomic E-state index is 11.9. The maximum atomic E-state index is 11.9. The first-order valence-electron chi connectivity index (χ1n) is 7.54. The van der Waals surface area contributed by atoms with Crippen molar-refractivity contribution in [3.05, 3.63) is 59.8 Å². The molecule has 7 heteroatoms. The summed E-state index contributed by atoms with van der Waals surface area (Å²) < 4.78 is 17.0. The lowest BCUT2D eigenvalue weighted by Crippen LogP contribution is -2.38. The lowest BCUT2D eigenvalue weighted by atomic mass is 10.2. The van der Waals surface area contributed by atoms with E-state index in [1.54, 1.807) is 0 Å². The first-order chi connectivity index (χ1) is 11.8. The Morgan fingerprint density at radius 2 is 1.88 bits per heavy atom. The summed E-state index contributed by atoms with van der Waals surface area (Å²) in [6, 6.07) is 15.1. The van der Waals surface area contributed by atoms with E-state index in [4.69, 9.17) is 14.0 Å². The molecule has 2 heterocycles. The Labute approximate surface area is 138 Å². The predicted octanol–water partition coefficient (Wildman–Crippen LogP) is 1.04. The number of fused-ring (bicyclic) bond motifs is 1. The monoisotopic (exact) mass is 325 g/mol. The summed E-state index contributed by atoms with van der Waals surface area (Å²) in [4.78, 5) is 0. The summed E-state index contributed by atoms with van der Waals surface area (Å²) >= 11 is 0. The van der Waals surface area contributed by atoms with Crippen LogP contribution in [0.2, 0.25) is 0 Å². The van der Waals surface area contributed by atoms with Crippen molar-refractivity contribution < 1.29 is 23.8 Å². The van der Waals surface area contributed by atoms with Gasteiger partial charge in [0, 0.05) is 18.7 Å². The standard InChI is InChI=1S/C17H15N3O4/c21-17-14(20(19-24-17)13-4-2-1-3-5-13)10-18-9-12-6-7-15-16(8-12)23-11-22-15/h1-8,18H,9-11H2. The van der Waals surface area contributed by atoms with Crippen LogP contribution in [0.3, 0.4) is 0 Å². The number of para-hydroxylation sites is 1. The summed E-state index contributed by atoms with van der Waals surface area (Å²) in [5.41, 5.74) is 2.26. The van der Waals surface area contributed by atoms with Crippen LogP contribution in [0.1, 0.15) is 11.3 Å². The minimum Gasteiger partial charge on any atom is -0.539 e. The largest absolute Gasteiger partial charge is 0.539 e. The second-order valence-electron chi connectivity index (χ2n) is 5.35. The molecule has 0 saturated carbocycles. The Morgan fingerprint density at radius 3 is 2.75 bits per heavy atom. The van der Waals surface area contributed by atoms with E-state index in [1.807, 2.05) is 48.5 Å². The molecular weight excluding hydrogens is 310 g/mol. The van der Waals surface area contributed by atoms with E-state index in [2.05, 4.69) is 10.6 Å². The number of rotatable bonds is 5. The minimum absolute atomic E-state index is 0.253. The lowest BCUT2D eigenvalue weighted by molar-refractivity contribution is -0.677. The van der Waals surface area contributed by atoms with E-state index in [0.29, 0.717) is 18.8 Å². The molecule has 0 spiro atoms. The molecule has 1 aromatic heterocycles. The highest BCUT2D eigenvalue weighted by molar-refractivity contribution is 5.44. The van der Waals surface area contributed by atoms with Gasteiger partial charge in [0.1, 0.15) is 0 Å². The second kappa shape index (κ2) is 6.21. The van der Waals surface area contributed by atoms with Crippen molar-refractivity contribution in [2.24, 2.45) is 0 Å². The Balaban J connectivity index is 1.46. The van der Waals surface area contributed by atoms with Crippen molar-refractivity contribution in [3.63, 3.8) is 0 Å². The molecule has 0 amide bonds. The third-order valence-electron chi connectivity index (χ3n) is 3.76. The van der Waals surface area contributed by atoms with E-state index in [0.717, 1.165) is 22.7 Å². The average molecular weight is 325 g/mol. The fourth-order valence-electron chi connectivity index (χ4n) is 2.56. The maximum Gasteiger partial charge on any atom is 0.253 e. The summed E-state index contributed by atoms with van der Waals surface area (Å²) in [5.74, 6) is 1.04. The highest BCUT2D eigenvalue weighted by Crippen LogP contribution is 2.32. The van der Waals surface area contributed by atoms with Crippen LogP contribution in [-0.4, -0.2) is 12.1 Å². The van der Waals surface area contributed by atoms with Gasteiger partial charge in [0.05, 0.1) is 11.8 Å². The van der Waals surface area contributed by atoms with Crippen LogP contribution in [0, 0.1) is 0 Å². The highest BCUT2D eigenvalue weighted by atomic mass is 16.7. The number of nitrogens with one attached hydrogen (secondary N) is 1. The van der Waals surface area contributed by atoms with Gasteiger partial charge in [-0.25, -0.2) is 0 Å². The quantitative estimate of drug-likeness (QED) is 0.706. The zero-order valence-corrected chi connectivity index (χ0v) is 12.8. The molecular formula is C17H15N3O4. The van der Waals surface area contributed by atoms with Crippen molar-refractivity contribution in [1.82, 2.24) is 10.6 Å². The van der Waals surface area contributed by atoms with E-state index >= 15 is 0 Å². The molecule has 0 aliphatic carbocycles. The second-order valence-corrected chi connectivity index (χ2v) is 5.35. The van der Waals surface area contributed by atoms with Gasteiger partial charge in [-0.15, -0.1) is 0 Å². The fourth-order valence-corrected chi connectivity index (χ4v) is 2.56. The molecule has 0 radical (unpaired) electrons. The van der Waals surface area contributed by atoms with Crippen LogP contribution in [0.25, 0.3) is 5.69 Å². The molecule has 0 fully saturated rings. The van der Waals surface area contributed by atoms with Gasteiger partial charge in [0.2, 0.25) is 12.5 Å². The molecule has 0 unspecified atom stereocenters. The molecule has 24 heavy (non-hydrogen) atoms. The molecule has 4 rings (SSSR count). The van der Waals surface area contributed by atoms with Gasteiger partial charge in [-0.05, 0) is 22.4 Å². The van der Waals surface area contributed by atoms with Gasteiger partial charge in [-0.2, -0.15) is 0 Å². The Kier molecular flexibility index (Phi) is 3.76. The van der Waals surface area contributed by atoms with Crippen molar-refractivity contribution >= 4 is 0 Å². The highest BCUT2D eigenvalue weighted by Gasteiger charge is 2.19. The summed E-state index contributed by atoms with van der Waals surface area (Å²) in [7, 11) is 0. The summed E-state index contributed by atoms with van der Waals surface area (Å²) in [6.07, 6.45) is 0.